The van der Waals surface area contributed by atoms with Gasteiger partial charge in [-0.3, -0.25) is 0 Å². The van der Waals surface area contributed by atoms with Gasteiger partial charge in [0.2, 0.25) is 5.82 Å². The monoisotopic (exact) mass is 231 g/mol. The van der Waals surface area contributed by atoms with Crippen LogP contribution in [0.5, 0.6) is 0 Å². The molecule has 0 amide bonds. The van der Waals surface area contributed by atoms with Crippen LogP contribution >= 0.6 is 0 Å². The van der Waals surface area contributed by atoms with Gasteiger partial charge in [-0.05, 0) is 27.7 Å². The first-order chi connectivity index (χ1) is 7.94. The van der Waals surface area contributed by atoms with Crippen molar-refractivity contribution in [3.05, 3.63) is 29.8 Å². The summed E-state index contributed by atoms with van der Waals surface area (Å²) in [5.74, 6) is 0.608. The zero-order valence-corrected chi connectivity index (χ0v) is 10.6. The fraction of sp³-hybridized carbons (Fsp3) is 0.385. The average Bonchev–Trinajstić information content (AvgIpc) is 2.64. The predicted octanol–water partition coefficient (Wildman–Crippen LogP) is 3.26. The van der Waals surface area contributed by atoms with E-state index in [1.165, 1.54) is 5.56 Å². The molecule has 1 heterocycles. The Morgan fingerprint density at radius 2 is 1.76 bits per heavy atom. The predicted molar refractivity (Wildman–Crippen MR) is 67.8 cm³/mol. The molecule has 0 spiro atoms. The van der Waals surface area contributed by atoms with Gasteiger partial charge in [-0.15, -0.1) is 0 Å². The van der Waals surface area contributed by atoms with E-state index in [0.29, 0.717) is 11.8 Å². The van der Waals surface area contributed by atoms with Crippen LogP contribution in [0.15, 0.2) is 28.8 Å². The molecule has 0 unspecified atom stereocenters. The SMILES string of the molecule is Cc1ccc(-c2noc(NC(C)(C)C)n2)cc1. The molecule has 0 bridgehead atoms. The third-order valence-corrected chi connectivity index (χ3v) is 2.22. The summed E-state index contributed by atoms with van der Waals surface area (Å²) < 4.78 is 5.15. The molecule has 1 N–H and O–H groups in total. The molecule has 0 radical (unpaired) electrons. The highest BCUT2D eigenvalue weighted by Gasteiger charge is 2.15. The average molecular weight is 231 g/mol. The van der Waals surface area contributed by atoms with Crippen LogP contribution in [0.4, 0.5) is 6.01 Å². The minimum Gasteiger partial charge on any atom is -0.333 e. The number of nitrogens with one attached hydrogen (secondary N) is 1. The number of aryl methyl sites for hydroxylation is 1. The van der Waals surface area contributed by atoms with Gasteiger partial charge in [0, 0.05) is 11.1 Å². The van der Waals surface area contributed by atoms with Gasteiger partial charge in [-0.1, -0.05) is 35.0 Å². The summed E-state index contributed by atoms with van der Waals surface area (Å²) in [5.41, 5.74) is 2.09. The topological polar surface area (TPSA) is 51.0 Å². The third kappa shape index (κ3) is 3.06. The molecule has 1 aromatic heterocycles. The first-order valence-electron chi connectivity index (χ1n) is 5.63. The van der Waals surface area contributed by atoms with Gasteiger partial charge < -0.3 is 9.84 Å². The van der Waals surface area contributed by atoms with E-state index < -0.39 is 0 Å². The molecule has 0 aliphatic carbocycles. The summed E-state index contributed by atoms with van der Waals surface area (Å²) in [6, 6.07) is 8.49. The lowest BCUT2D eigenvalue weighted by molar-refractivity contribution is 0.420. The van der Waals surface area contributed by atoms with E-state index in [2.05, 4.69) is 15.5 Å². The van der Waals surface area contributed by atoms with E-state index in [1.54, 1.807) is 0 Å². The summed E-state index contributed by atoms with van der Waals surface area (Å²) in [6.45, 7) is 8.18. The Morgan fingerprint density at radius 1 is 1.12 bits per heavy atom. The molecule has 0 atom stereocenters. The van der Waals surface area contributed by atoms with Crippen LogP contribution in [0, 0.1) is 6.92 Å². The highest BCUT2D eigenvalue weighted by molar-refractivity contribution is 5.55. The molecule has 2 aromatic rings. The summed E-state index contributed by atoms with van der Waals surface area (Å²) in [6.07, 6.45) is 0. The van der Waals surface area contributed by atoms with Gasteiger partial charge in [0.15, 0.2) is 0 Å². The summed E-state index contributed by atoms with van der Waals surface area (Å²) >= 11 is 0. The normalized spacial score (nSPS) is 11.5. The largest absolute Gasteiger partial charge is 0.333 e. The van der Waals surface area contributed by atoms with Crippen LogP contribution in [-0.2, 0) is 0 Å². The molecule has 1 aromatic carbocycles. The fourth-order valence-corrected chi connectivity index (χ4v) is 1.41. The van der Waals surface area contributed by atoms with Gasteiger partial charge >= 0.3 is 6.01 Å². The Balaban J connectivity index is 2.21. The van der Waals surface area contributed by atoms with Crippen molar-refractivity contribution in [3.8, 4) is 11.4 Å². The van der Waals surface area contributed by atoms with Crippen LogP contribution in [0.25, 0.3) is 11.4 Å². The number of benzene rings is 1. The summed E-state index contributed by atoms with van der Waals surface area (Å²) in [4.78, 5) is 4.31. The van der Waals surface area contributed by atoms with Crippen molar-refractivity contribution < 1.29 is 4.52 Å². The summed E-state index contributed by atoms with van der Waals surface area (Å²) in [5, 5.41) is 7.09. The Labute approximate surface area is 101 Å². The van der Waals surface area contributed by atoms with Crippen molar-refractivity contribution in [1.82, 2.24) is 10.1 Å². The molecule has 4 heteroatoms. The van der Waals surface area contributed by atoms with Gasteiger partial charge in [-0.2, -0.15) is 4.98 Å². The Kier molecular flexibility index (Phi) is 2.88. The minimum absolute atomic E-state index is 0.0862. The van der Waals surface area contributed by atoms with Gasteiger partial charge in [0.05, 0.1) is 0 Å². The van der Waals surface area contributed by atoms with E-state index in [9.17, 15) is 0 Å². The van der Waals surface area contributed by atoms with Crippen molar-refractivity contribution in [2.75, 3.05) is 5.32 Å². The fourth-order valence-electron chi connectivity index (χ4n) is 1.41. The molecule has 2 rings (SSSR count). The molecule has 0 saturated heterocycles. The molecular weight excluding hydrogens is 214 g/mol. The van der Waals surface area contributed by atoms with Gasteiger partial charge in [0.1, 0.15) is 0 Å². The van der Waals surface area contributed by atoms with Crippen molar-refractivity contribution in [2.24, 2.45) is 0 Å². The first kappa shape index (κ1) is 11.6. The second-order valence-corrected chi connectivity index (χ2v) is 5.16. The third-order valence-electron chi connectivity index (χ3n) is 2.22. The van der Waals surface area contributed by atoms with Crippen LogP contribution < -0.4 is 5.32 Å². The van der Waals surface area contributed by atoms with E-state index in [0.717, 1.165) is 5.56 Å². The highest BCUT2D eigenvalue weighted by atomic mass is 16.5. The molecule has 0 saturated carbocycles. The number of anilines is 1. The van der Waals surface area contributed by atoms with Crippen LogP contribution in [0.3, 0.4) is 0 Å². The molecular formula is C13H17N3O. The number of aromatic nitrogens is 2. The quantitative estimate of drug-likeness (QED) is 0.862. The lowest BCUT2D eigenvalue weighted by Crippen LogP contribution is -2.26. The maximum Gasteiger partial charge on any atom is 0.322 e. The van der Waals surface area contributed by atoms with Crippen molar-refractivity contribution in [2.45, 2.75) is 33.2 Å². The Hall–Kier alpha value is -1.84. The standard InChI is InChI=1S/C13H17N3O/c1-9-5-7-10(8-6-9)11-14-12(17-16-11)15-13(2,3)4/h5-8H,1-4H3,(H,14,15,16). The van der Waals surface area contributed by atoms with E-state index in [1.807, 2.05) is 52.0 Å². The maximum atomic E-state index is 5.15. The lowest BCUT2D eigenvalue weighted by Gasteiger charge is -2.17. The van der Waals surface area contributed by atoms with Crippen molar-refractivity contribution in [3.63, 3.8) is 0 Å². The number of rotatable bonds is 2. The first-order valence-corrected chi connectivity index (χ1v) is 5.63. The summed E-state index contributed by atoms with van der Waals surface area (Å²) in [7, 11) is 0. The van der Waals surface area contributed by atoms with Crippen LogP contribution in [-0.4, -0.2) is 15.7 Å². The van der Waals surface area contributed by atoms with Crippen molar-refractivity contribution in [1.29, 1.82) is 0 Å². The van der Waals surface area contributed by atoms with Gasteiger partial charge in [-0.25, -0.2) is 0 Å². The van der Waals surface area contributed by atoms with Gasteiger partial charge in [0.25, 0.3) is 0 Å². The van der Waals surface area contributed by atoms with E-state index in [4.69, 9.17) is 4.52 Å². The molecule has 90 valence electrons. The number of hydrogen-bond acceptors (Lipinski definition) is 4. The maximum absolute atomic E-state index is 5.15. The minimum atomic E-state index is -0.0862. The second kappa shape index (κ2) is 4.20. The van der Waals surface area contributed by atoms with Crippen LogP contribution in [0.1, 0.15) is 26.3 Å². The smallest absolute Gasteiger partial charge is 0.322 e. The second-order valence-electron chi connectivity index (χ2n) is 5.16. The molecule has 4 nitrogen and oxygen atoms in total. The highest BCUT2D eigenvalue weighted by Crippen LogP contribution is 2.19. The molecule has 0 fully saturated rings. The van der Waals surface area contributed by atoms with Crippen LogP contribution in [0.2, 0.25) is 0 Å². The van der Waals surface area contributed by atoms with E-state index in [-0.39, 0.29) is 5.54 Å². The number of hydrogen-bond donors (Lipinski definition) is 1. The Morgan fingerprint density at radius 3 is 2.35 bits per heavy atom. The molecule has 17 heavy (non-hydrogen) atoms. The van der Waals surface area contributed by atoms with Crippen molar-refractivity contribution >= 4 is 6.01 Å². The zero-order valence-electron chi connectivity index (χ0n) is 10.6. The molecule has 0 aliphatic rings. The lowest BCUT2D eigenvalue weighted by atomic mass is 10.1. The number of nitrogens with zero attached hydrogens (tertiary/aromatic N) is 2. The zero-order chi connectivity index (χ0) is 12.5. The Bertz CT molecular complexity index is 494. The van der Waals surface area contributed by atoms with E-state index >= 15 is 0 Å². The molecule has 0 aliphatic heterocycles.